The zero-order valence-corrected chi connectivity index (χ0v) is 12.7. The van der Waals surface area contributed by atoms with Gasteiger partial charge < -0.3 is 10.6 Å². The number of nitrogens with zero attached hydrogens (tertiary/aromatic N) is 2. The zero-order chi connectivity index (χ0) is 14.0. The Morgan fingerprint density at radius 3 is 2.74 bits per heavy atom. The van der Waals surface area contributed by atoms with Crippen LogP contribution in [0.1, 0.15) is 52.9 Å². The molecule has 19 heavy (non-hydrogen) atoms. The molecule has 110 valence electrons. The van der Waals surface area contributed by atoms with Gasteiger partial charge in [0, 0.05) is 37.1 Å². The van der Waals surface area contributed by atoms with Crippen molar-refractivity contribution < 1.29 is 4.79 Å². The summed E-state index contributed by atoms with van der Waals surface area (Å²) in [5, 5.41) is 0. The lowest BCUT2D eigenvalue weighted by molar-refractivity contribution is -0.138. The monoisotopic (exact) mass is 267 g/mol. The first kappa shape index (κ1) is 14.8. The smallest absolute Gasteiger partial charge is 0.222 e. The average molecular weight is 267 g/mol. The van der Waals surface area contributed by atoms with Crippen molar-refractivity contribution in [2.24, 2.45) is 5.73 Å². The molecule has 0 spiro atoms. The van der Waals surface area contributed by atoms with Gasteiger partial charge in [0.1, 0.15) is 0 Å². The van der Waals surface area contributed by atoms with Crippen molar-refractivity contribution >= 4 is 5.91 Å². The second-order valence-electron chi connectivity index (χ2n) is 7.03. The van der Waals surface area contributed by atoms with Crippen LogP contribution in [0.15, 0.2) is 0 Å². The summed E-state index contributed by atoms with van der Waals surface area (Å²) in [6, 6.07) is 0.947. The van der Waals surface area contributed by atoms with E-state index in [-0.39, 0.29) is 11.4 Å². The summed E-state index contributed by atoms with van der Waals surface area (Å²) >= 11 is 0. The standard InChI is InChI=1S/C15H29N3O/c1-12-10-17-9-5-4-6-13(17)11-18(12)14(19)7-8-15(2,3)16/h12-13H,4-11,16H2,1-3H3. The number of hydrogen-bond donors (Lipinski definition) is 1. The molecular weight excluding hydrogens is 238 g/mol. The van der Waals surface area contributed by atoms with Crippen LogP contribution in [0, 0.1) is 0 Å². The lowest BCUT2D eigenvalue weighted by Gasteiger charge is -2.47. The van der Waals surface area contributed by atoms with Crippen LogP contribution in [0.2, 0.25) is 0 Å². The number of piperidine rings is 1. The first-order valence-electron chi connectivity index (χ1n) is 7.69. The van der Waals surface area contributed by atoms with Gasteiger partial charge in [-0.25, -0.2) is 0 Å². The highest BCUT2D eigenvalue weighted by molar-refractivity contribution is 5.76. The van der Waals surface area contributed by atoms with Gasteiger partial charge in [-0.2, -0.15) is 0 Å². The molecular formula is C15H29N3O. The van der Waals surface area contributed by atoms with E-state index in [1.54, 1.807) is 0 Å². The largest absolute Gasteiger partial charge is 0.337 e. The van der Waals surface area contributed by atoms with Crippen LogP contribution in [0.25, 0.3) is 0 Å². The molecule has 0 aromatic carbocycles. The molecule has 2 atom stereocenters. The van der Waals surface area contributed by atoms with Crippen LogP contribution in [0.4, 0.5) is 0 Å². The topological polar surface area (TPSA) is 49.6 Å². The molecule has 0 aliphatic carbocycles. The molecule has 0 saturated carbocycles. The molecule has 2 aliphatic rings. The zero-order valence-electron chi connectivity index (χ0n) is 12.7. The molecule has 2 fully saturated rings. The number of carbonyl (C=O) groups is 1. The predicted molar refractivity (Wildman–Crippen MR) is 77.9 cm³/mol. The lowest BCUT2D eigenvalue weighted by atomic mass is 9.95. The van der Waals surface area contributed by atoms with Crippen LogP contribution in [0.3, 0.4) is 0 Å². The number of rotatable bonds is 3. The Balaban J connectivity index is 1.90. The first-order valence-corrected chi connectivity index (χ1v) is 7.69. The van der Waals surface area contributed by atoms with E-state index >= 15 is 0 Å². The van der Waals surface area contributed by atoms with Crippen molar-refractivity contribution in [3.63, 3.8) is 0 Å². The maximum atomic E-state index is 12.4. The fraction of sp³-hybridized carbons (Fsp3) is 0.933. The number of fused-ring (bicyclic) bond motifs is 1. The minimum atomic E-state index is -0.244. The predicted octanol–water partition coefficient (Wildman–Crippen LogP) is 1.59. The summed E-state index contributed by atoms with van der Waals surface area (Å²) in [4.78, 5) is 17.1. The number of amides is 1. The van der Waals surface area contributed by atoms with Crippen molar-refractivity contribution in [2.45, 2.75) is 70.5 Å². The van der Waals surface area contributed by atoms with Gasteiger partial charge in [-0.15, -0.1) is 0 Å². The van der Waals surface area contributed by atoms with E-state index in [0.29, 0.717) is 18.5 Å². The summed E-state index contributed by atoms with van der Waals surface area (Å²) in [5.74, 6) is 0.288. The highest BCUT2D eigenvalue weighted by atomic mass is 16.2. The Hall–Kier alpha value is -0.610. The number of nitrogens with two attached hydrogens (primary N) is 1. The highest BCUT2D eigenvalue weighted by Crippen LogP contribution is 2.24. The van der Waals surface area contributed by atoms with Crippen molar-refractivity contribution in [2.75, 3.05) is 19.6 Å². The molecule has 0 aromatic rings. The fourth-order valence-corrected chi connectivity index (χ4v) is 3.27. The maximum absolute atomic E-state index is 12.4. The van der Waals surface area contributed by atoms with Crippen molar-refractivity contribution in [3.05, 3.63) is 0 Å². The lowest BCUT2D eigenvalue weighted by Crippen LogP contribution is -2.60. The molecule has 4 heteroatoms. The van der Waals surface area contributed by atoms with E-state index in [2.05, 4.69) is 16.7 Å². The van der Waals surface area contributed by atoms with Gasteiger partial charge >= 0.3 is 0 Å². The summed E-state index contributed by atoms with van der Waals surface area (Å²) in [6.45, 7) is 9.34. The van der Waals surface area contributed by atoms with Crippen LogP contribution in [0.5, 0.6) is 0 Å². The molecule has 2 N–H and O–H groups in total. The van der Waals surface area contributed by atoms with E-state index in [4.69, 9.17) is 5.73 Å². The third-order valence-corrected chi connectivity index (χ3v) is 4.49. The quantitative estimate of drug-likeness (QED) is 0.845. The van der Waals surface area contributed by atoms with E-state index in [1.165, 1.54) is 25.8 Å². The average Bonchev–Trinajstić information content (AvgIpc) is 2.34. The summed E-state index contributed by atoms with van der Waals surface area (Å²) in [7, 11) is 0. The van der Waals surface area contributed by atoms with Crippen LogP contribution in [-0.4, -0.2) is 53.0 Å². The Bertz CT molecular complexity index is 324. The van der Waals surface area contributed by atoms with Gasteiger partial charge in [-0.3, -0.25) is 9.69 Å². The first-order chi connectivity index (χ1) is 8.87. The minimum absolute atomic E-state index is 0.244. The van der Waals surface area contributed by atoms with E-state index in [9.17, 15) is 4.79 Å². The molecule has 0 aromatic heterocycles. The second kappa shape index (κ2) is 5.80. The highest BCUT2D eigenvalue weighted by Gasteiger charge is 2.35. The van der Waals surface area contributed by atoms with Gasteiger partial charge in [-0.1, -0.05) is 6.42 Å². The van der Waals surface area contributed by atoms with Crippen molar-refractivity contribution in [1.29, 1.82) is 0 Å². The Morgan fingerprint density at radius 1 is 1.32 bits per heavy atom. The van der Waals surface area contributed by atoms with Gasteiger partial charge in [0.15, 0.2) is 0 Å². The minimum Gasteiger partial charge on any atom is -0.337 e. The Labute approximate surface area is 117 Å². The molecule has 2 saturated heterocycles. The normalized spacial score (nSPS) is 29.2. The molecule has 0 bridgehead atoms. The number of piperazine rings is 1. The molecule has 2 rings (SSSR count). The summed E-state index contributed by atoms with van der Waals surface area (Å²) in [6.07, 6.45) is 5.23. The fourth-order valence-electron chi connectivity index (χ4n) is 3.27. The van der Waals surface area contributed by atoms with Gasteiger partial charge in [-0.05, 0) is 46.6 Å². The molecule has 1 amide bonds. The van der Waals surface area contributed by atoms with Crippen LogP contribution >= 0.6 is 0 Å². The van der Waals surface area contributed by atoms with Crippen LogP contribution < -0.4 is 5.73 Å². The van der Waals surface area contributed by atoms with Crippen molar-refractivity contribution in [3.8, 4) is 0 Å². The third kappa shape index (κ3) is 3.93. The molecule has 4 nitrogen and oxygen atoms in total. The second-order valence-corrected chi connectivity index (χ2v) is 7.03. The summed E-state index contributed by atoms with van der Waals surface area (Å²) in [5.41, 5.74) is 5.73. The van der Waals surface area contributed by atoms with Gasteiger partial charge in [0.2, 0.25) is 5.91 Å². The Kier molecular flexibility index (Phi) is 4.51. The number of carbonyl (C=O) groups excluding carboxylic acids is 1. The van der Waals surface area contributed by atoms with E-state index < -0.39 is 0 Å². The molecule has 2 aliphatic heterocycles. The molecule has 0 radical (unpaired) electrons. The summed E-state index contributed by atoms with van der Waals surface area (Å²) < 4.78 is 0. The SMILES string of the molecule is CC1CN2CCCCC2CN1C(=O)CCC(C)(C)N. The van der Waals surface area contributed by atoms with Crippen LogP contribution in [-0.2, 0) is 4.79 Å². The third-order valence-electron chi connectivity index (χ3n) is 4.49. The maximum Gasteiger partial charge on any atom is 0.222 e. The van der Waals surface area contributed by atoms with Gasteiger partial charge in [0.25, 0.3) is 0 Å². The van der Waals surface area contributed by atoms with Crippen molar-refractivity contribution in [1.82, 2.24) is 9.80 Å². The number of hydrogen-bond acceptors (Lipinski definition) is 3. The molecule has 2 heterocycles. The Morgan fingerprint density at radius 2 is 2.05 bits per heavy atom. The van der Waals surface area contributed by atoms with E-state index in [0.717, 1.165) is 19.5 Å². The van der Waals surface area contributed by atoms with E-state index in [1.807, 2.05) is 13.8 Å². The molecule has 2 unspecified atom stereocenters. The van der Waals surface area contributed by atoms with Gasteiger partial charge in [0.05, 0.1) is 0 Å².